The van der Waals surface area contributed by atoms with E-state index in [1.165, 1.54) is 4.88 Å². The molecule has 0 N–H and O–H groups in total. The van der Waals surface area contributed by atoms with E-state index in [4.69, 9.17) is 11.6 Å². The van der Waals surface area contributed by atoms with Crippen molar-refractivity contribution < 1.29 is 0 Å². The zero-order chi connectivity index (χ0) is 8.10. The molecule has 58 valence electrons. The topological polar surface area (TPSA) is 0 Å². The summed E-state index contributed by atoms with van der Waals surface area (Å²) in [7, 11) is 0. The molecule has 1 heterocycles. The Bertz CT molecular complexity index is 277. The molecule has 0 aliphatic heterocycles. The molecule has 0 spiro atoms. The van der Waals surface area contributed by atoms with Crippen LogP contribution >= 0.6 is 22.9 Å². The van der Waals surface area contributed by atoms with Crippen LogP contribution in [0.2, 0.25) is 0 Å². The number of halogens is 1. The summed E-state index contributed by atoms with van der Waals surface area (Å²) in [6.07, 6.45) is 0.774. The SMILES string of the molecule is Cc1cc(C#CCCCl)cs1. The van der Waals surface area contributed by atoms with Gasteiger partial charge < -0.3 is 0 Å². The van der Waals surface area contributed by atoms with Crippen LogP contribution < -0.4 is 0 Å². The molecule has 0 bridgehead atoms. The summed E-state index contributed by atoms with van der Waals surface area (Å²) in [4.78, 5) is 1.31. The molecular formula is C9H9ClS. The number of rotatable bonds is 1. The second kappa shape index (κ2) is 4.43. The Morgan fingerprint density at radius 3 is 3.00 bits per heavy atom. The summed E-state index contributed by atoms with van der Waals surface area (Å²) >= 11 is 7.20. The molecule has 1 aromatic heterocycles. The van der Waals surface area contributed by atoms with E-state index in [0.29, 0.717) is 5.88 Å². The molecule has 0 saturated heterocycles. The van der Waals surface area contributed by atoms with Gasteiger partial charge in [0.1, 0.15) is 0 Å². The monoisotopic (exact) mass is 184 g/mol. The molecule has 0 unspecified atom stereocenters. The van der Waals surface area contributed by atoms with E-state index >= 15 is 0 Å². The highest BCUT2D eigenvalue weighted by molar-refractivity contribution is 7.10. The van der Waals surface area contributed by atoms with Crippen LogP contribution in [-0.2, 0) is 0 Å². The van der Waals surface area contributed by atoms with E-state index in [1.54, 1.807) is 11.3 Å². The van der Waals surface area contributed by atoms with Crippen LogP contribution in [-0.4, -0.2) is 5.88 Å². The first-order valence-electron chi connectivity index (χ1n) is 3.43. The van der Waals surface area contributed by atoms with Crippen molar-refractivity contribution in [1.29, 1.82) is 0 Å². The summed E-state index contributed by atoms with van der Waals surface area (Å²) in [5.74, 6) is 6.65. The second-order valence-corrected chi connectivity index (χ2v) is 3.68. The average Bonchev–Trinajstić information content (AvgIpc) is 2.37. The first-order valence-corrected chi connectivity index (χ1v) is 4.84. The van der Waals surface area contributed by atoms with E-state index in [-0.39, 0.29) is 0 Å². The summed E-state index contributed by atoms with van der Waals surface area (Å²) in [5.41, 5.74) is 1.11. The lowest BCUT2D eigenvalue weighted by Gasteiger charge is -1.77. The minimum atomic E-state index is 0.621. The number of thiophene rings is 1. The van der Waals surface area contributed by atoms with Gasteiger partial charge in [-0.2, -0.15) is 0 Å². The zero-order valence-corrected chi connectivity index (χ0v) is 7.93. The summed E-state index contributed by atoms with van der Waals surface area (Å²) in [6, 6.07) is 2.09. The van der Waals surface area contributed by atoms with Crippen LogP contribution in [0, 0.1) is 18.8 Å². The lowest BCUT2D eigenvalue weighted by atomic mass is 10.3. The molecule has 1 aromatic rings. The second-order valence-electron chi connectivity index (χ2n) is 2.19. The molecule has 2 heteroatoms. The number of hydrogen-bond donors (Lipinski definition) is 0. The van der Waals surface area contributed by atoms with Gasteiger partial charge in [-0.25, -0.2) is 0 Å². The first-order chi connectivity index (χ1) is 5.33. The lowest BCUT2D eigenvalue weighted by molar-refractivity contribution is 1.29. The number of alkyl halides is 1. The van der Waals surface area contributed by atoms with Gasteiger partial charge in [0.25, 0.3) is 0 Å². The molecular weight excluding hydrogens is 176 g/mol. The fourth-order valence-corrected chi connectivity index (χ4v) is 1.45. The fourth-order valence-electron chi connectivity index (χ4n) is 0.721. The molecule has 0 atom stereocenters. The highest BCUT2D eigenvalue weighted by atomic mass is 35.5. The fraction of sp³-hybridized carbons (Fsp3) is 0.333. The van der Waals surface area contributed by atoms with Crippen LogP contribution in [0.25, 0.3) is 0 Å². The first kappa shape index (κ1) is 8.64. The van der Waals surface area contributed by atoms with Crippen LogP contribution in [0.5, 0.6) is 0 Å². The Morgan fingerprint density at radius 2 is 2.45 bits per heavy atom. The van der Waals surface area contributed by atoms with E-state index in [9.17, 15) is 0 Å². The molecule has 0 nitrogen and oxygen atoms in total. The third-order valence-corrected chi connectivity index (χ3v) is 2.23. The van der Waals surface area contributed by atoms with Crippen LogP contribution in [0.3, 0.4) is 0 Å². The molecule has 11 heavy (non-hydrogen) atoms. The van der Waals surface area contributed by atoms with Crippen molar-refractivity contribution in [1.82, 2.24) is 0 Å². The van der Waals surface area contributed by atoms with Gasteiger partial charge in [-0.1, -0.05) is 11.8 Å². The van der Waals surface area contributed by atoms with Crippen molar-refractivity contribution in [2.45, 2.75) is 13.3 Å². The van der Waals surface area contributed by atoms with E-state index in [1.807, 2.05) is 0 Å². The number of aryl methyl sites for hydroxylation is 1. The van der Waals surface area contributed by atoms with Gasteiger partial charge in [0.05, 0.1) is 0 Å². The summed E-state index contributed by atoms with van der Waals surface area (Å²) in [5, 5.41) is 2.07. The van der Waals surface area contributed by atoms with Crippen molar-refractivity contribution in [2.24, 2.45) is 0 Å². The maximum Gasteiger partial charge on any atom is 0.0354 e. The quantitative estimate of drug-likeness (QED) is 0.465. The summed E-state index contributed by atoms with van der Waals surface area (Å²) in [6.45, 7) is 2.08. The molecule has 0 radical (unpaired) electrons. The Balaban J connectivity index is 2.59. The molecule has 0 aliphatic rings. The summed E-state index contributed by atoms with van der Waals surface area (Å²) < 4.78 is 0. The van der Waals surface area contributed by atoms with Crippen molar-refractivity contribution in [3.8, 4) is 11.8 Å². The molecule has 0 aliphatic carbocycles. The molecule has 0 fully saturated rings. The van der Waals surface area contributed by atoms with Crippen molar-refractivity contribution in [2.75, 3.05) is 5.88 Å². The minimum Gasteiger partial charge on any atom is -0.148 e. The van der Waals surface area contributed by atoms with Crippen molar-refractivity contribution >= 4 is 22.9 Å². The van der Waals surface area contributed by atoms with Gasteiger partial charge in [-0.3, -0.25) is 0 Å². The molecule has 0 amide bonds. The standard InChI is InChI=1S/C9H9ClS/c1-8-6-9(7-11-8)4-2-3-5-10/h6-7H,3,5H2,1H3. The van der Waals surface area contributed by atoms with Crippen LogP contribution in [0.1, 0.15) is 16.9 Å². The van der Waals surface area contributed by atoms with Gasteiger partial charge in [-0.05, 0) is 13.0 Å². The predicted molar refractivity (Wildman–Crippen MR) is 51.3 cm³/mol. The van der Waals surface area contributed by atoms with Crippen LogP contribution in [0.15, 0.2) is 11.4 Å². The smallest absolute Gasteiger partial charge is 0.0354 e. The Morgan fingerprint density at radius 1 is 1.64 bits per heavy atom. The molecule has 0 saturated carbocycles. The highest BCUT2D eigenvalue weighted by Gasteiger charge is 1.88. The lowest BCUT2D eigenvalue weighted by Crippen LogP contribution is -1.68. The highest BCUT2D eigenvalue weighted by Crippen LogP contribution is 2.11. The van der Waals surface area contributed by atoms with Gasteiger partial charge in [0, 0.05) is 28.1 Å². The normalized spacial score (nSPS) is 8.91. The Kier molecular flexibility index (Phi) is 3.48. The maximum atomic E-state index is 5.47. The predicted octanol–water partition coefficient (Wildman–Crippen LogP) is 3.04. The van der Waals surface area contributed by atoms with E-state index in [0.717, 1.165) is 12.0 Å². The van der Waals surface area contributed by atoms with Gasteiger partial charge >= 0.3 is 0 Å². The van der Waals surface area contributed by atoms with Gasteiger partial charge in [0.15, 0.2) is 0 Å². The zero-order valence-electron chi connectivity index (χ0n) is 6.36. The average molecular weight is 185 g/mol. The van der Waals surface area contributed by atoms with Gasteiger partial charge in [-0.15, -0.1) is 22.9 Å². The van der Waals surface area contributed by atoms with Crippen molar-refractivity contribution in [3.05, 3.63) is 21.9 Å². The minimum absolute atomic E-state index is 0.621. The van der Waals surface area contributed by atoms with Crippen molar-refractivity contribution in [3.63, 3.8) is 0 Å². The Hall–Kier alpha value is -0.450. The third-order valence-electron chi connectivity index (χ3n) is 1.18. The molecule has 0 aromatic carbocycles. The van der Waals surface area contributed by atoms with Gasteiger partial charge in [0.2, 0.25) is 0 Å². The van der Waals surface area contributed by atoms with E-state index in [2.05, 4.69) is 30.2 Å². The van der Waals surface area contributed by atoms with E-state index < -0.39 is 0 Å². The molecule has 1 rings (SSSR count). The maximum absolute atomic E-state index is 5.47. The van der Waals surface area contributed by atoms with Crippen LogP contribution in [0.4, 0.5) is 0 Å². The Labute approximate surface area is 76.2 Å². The largest absolute Gasteiger partial charge is 0.148 e. The number of hydrogen-bond acceptors (Lipinski definition) is 1. The third kappa shape index (κ3) is 2.96.